The van der Waals surface area contributed by atoms with E-state index >= 15 is 0 Å². The number of ether oxygens (including phenoxy) is 4. The number of aliphatic hydroxyl groups is 1. The van der Waals surface area contributed by atoms with Crippen molar-refractivity contribution in [2.75, 3.05) is 21.2 Å². The van der Waals surface area contributed by atoms with Gasteiger partial charge in [-0.3, -0.25) is 14.9 Å². The van der Waals surface area contributed by atoms with Crippen molar-refractivity contribution >= 4 is 48.1 Å². The number of methoxy groups -OCH3 is 1. The summed E-state index contributed by atoms with van der Waals surface area (Å²) in [5, 5.41) is 12.7. The van der Waals surface area contributed by atoms with E-state index in [1.54, 1.807) is 20.8 Å². The molecule has 0 aromatic carbocycles. The van der Waals surface area contributed by atoms with Gasteiger partial charge in [0.15, 0.2) is 0 Å². The average molecular weight is 634 g/mol. The summed E-state index contributed by atoms with van der Waals surface area (Å²) in [6.45, 7) is 12.4. The van der Waals surface area contributed by atoms with Crippen molar-refractivity contribution in [1.29, 1.82) is 0 Å². The number of alkyl carbamates (subject to hydrolysis) is 1. The van der Waals surface area contributed by atoms with Gasteiger partial charge in [0.25, 0.3) is 5.91 Å². The molecule has 2 N–H and O–H groups in total. The van der Waals surface area contributed by atoms with E-state index in [0.717, 1.165) is 0 Å². The summed E-state index contributed by atoms with van der Waals surface area (Å²) in [7, 11) is 4.26. The molecule has 12 nitrogen and oxygen atoms in total. The Labute approximate surface area is 258 Å². The lowest BCUT2D eigenvalue weighted by Gasteiger charge is -2.37. The summed E-state index contributed by atoms with van der Waals surface area (Å²) >= 11 is 10.3. The molecule has 0 spiro atoms. The van der Waals surface area contributed by atoms with Gasteiger partial charge in [-0.15, -0.1) is 0 Å². The Morgan fingerprint density at radius 1 is 1.31 bits per heavy atom. The molecule has 0 bridgehead atoms. The highest BCUT2D eigenvalue weighted by atomic mass is 35.5. The van der Waals surface area contributed by atoms with Crippen LogP contribution in [0, 0.1) is 5.92 Å². The SMILES string of the molecule is C=C/C(=C/Cl)N(C)C(=O)C[C@H](OC(=O)[C@H](C)N(C)C(=O)CCC(C)(C)S)[C@]1(C)O[C@H]1[C@H](C)[C@@H]1CC(O)(OC)NC(=O)O1. The molecule has 0 radical (unpaired) electrons. The molecule has 1 unspecified atom stereocenters. The maximum Gasteiger partial charge on any atom is 0.411 e. The van der Waals surface area contributed by atoms with Crippen molar-refractivity contribution in [3.63, 3.8) is 0 Å². The van der Waals surface area contributed by atoms with Crippen LogP contribution in [0.5, 0.6) is 0 Å². The number of amides is 3. The fourth-order valence-corrected chi connectivity index (χ4v) is 5.05. The fraction of sp³-hybridized carbons (Fsp3) is 0.714. The Hall–Kier alpha value is -2.32. The van der Waals surface area contributed by atoms with Crippen LogP contribution in [0.25, 0.3) is 0 Å². The number of likely N-dealkylation sites (N-methyl/N-ethyl adjacent to an activating group) is 2. The van der Waals surface area contributed by atoms with Gasteiger partial charge in [0.2, 0.25) is 11.8 Å². The van der Waals surface area contributed by atoms with Crippen molar-refractivity contribution in [3.8, 4) is 0 Å². The van der Waals surface area contributed by atoms with Gasteiger partial charge >= 0.3 is 12.1 Å². The third-order valence-electron chi connectivity index (χ3n) is 7.93. The van der Waals surface area contributed by atoms with Crippen LogP contribution in [0.4, 0.5) is 4.79 Å². The first-order chi connectivity index (χ1) is 19.3. The molecular weight excluding hydrogens is 590 g/mol. The maximum absolute atomic E-state index is 13.3. The van der Waals surface area contributed by atoms with E-state index in [-0.39, 0.29) is 29.9 Å². The molecule has 7 atom stereocenters. The van der Waals surface area contributed by atoms with E-state index in [0.29, 0.717) is 12.1 Å². The smallest absolute Gasteiger partial charge is 0.411 e. The lowest BCUT2D eigenvalue weighted by atomic mass is 9.86. The minimum Gasteiger partial charge on any atom is -0.457 e. The van der Waals surface area contributed by atoms with Crippen molar-refractivity contribution in [2.45, 2.75) is 101 Å². The molecular formula is C28H44ClN3O9S. The molecule has 2 aliphatic heterocycles. The maximum atomic E-state index is 13.3. The monoisotopic (exact) mass is 633 g/mol. The Balaban J connectivity index is 2.26. The Kier molecular flexibility index (Phi) is 11.9. The van der Waals surface area contributed by atoms with Gasteiger partial charge in [0.1, 0.15) is 23.9 Å². The number of hydrogen-bond acceptors (Lipinski definition) is 10. The normalized spacial score (nSPS) is 28.0. The van der Waals surface area contributed by atoms with Crippen LogP contribution in [-0.4, -0.2) is 101 Å². The minimum absolute atomic E-state index is 0.0886. The molecule has 14 heteroatoms. The zero-order chi connectivity index (χ0) is 32.2. The second kappa shape index (κ2) is 14.0. The van der Waals surface area contributed by atoms with Crippen LogP contribution >= 0.6 is 24.2 Å². The number of hydrogen-bond donors (Lipinski definition) is 3. The van der Waals surface area contributed by atoms with Crippen LogP contribution in [0.15, 0.2) is 23.9 Å². The number of nitrogens with one attached hydrogen (secondary N) is 1. The summed E-state index contributed by atoms with van der Waals surface area (Å²) < 4.78 is 22.0. The Morgan fingerprint density at radius 2 is 1.93 bits per heavy atom. The zero-order valence-corrected chi connectivity index (χ0v) is 27.2. The second-order valence-electron chi connectivity index (χ2n) is 11.7. The average Bonchev–Trinajstić information content (AvgIpc) is 3.61. The number of carbonyl (C=O) groups excluding carboxylic acids is 4. The van der Waals surface area contributed by atoms with E-state index in [9.17, 15) is 24.3 Å². The van der Waals surface area contributed by atoms with E-state index in [4.69, 9.17) is 30.5 Å². The molecule has 2 fully saturated rings. The predicted octanol–water partition coefficient (Wildman–Crippen LogP) is 2.93. The summed E-state index contributed by atoms with van der Waals surface area (Å²) in [4.78, 5) is 54.0. The van der Waals surface area contributed by atoms with Crippen LogP contribution in [-0.2, 0) is 33.3 Å². The van der Waals surface area contributed by atoms with Gasteiger partial charge in [-0.25, -0.2) is 9.59 Å². The van der Waals surface area contributed by atoms with Gasteiger partial charge in [-0.1, -0.05) is 39.0 Å². The molecule has 0 aromatic heterocycles. The van der Waals surface area contributed by atoms with E-state index in [2.05, 4.69) is 24.5 Å². The first kappa shape index (κ1) is 35.9. The Bertz CT molecular complexity index is 1080. The number of nitrogens with zero attached hydrogens (tertiary/aromatic N) is 2. The van der Waals surface area contributed by atoms with E-state index < -0.39 is 59.8 Å². The third-order valence-corrected chi connectivity index (χ3v) is 8.38. The molecule has 0 saturated carbocycles. The van der Waals surface area contributed by atoms with Crippen molar-refractivity contribution in [3.05, 3.63) is 23.9 Å². The fourth-order valence-electron chi connectivity index (χ4n) is 4.70. The highest BCUT2D eigenvalue weighted by molar-refractivity contribution is 7.81. The summed E-state index contributed by atoms with van der Waals surface area (Å²) in [6.07, 6.45) is -1.65. The number of halogens is 1. The van der Waals surface area contributed by atoms with Gasteiger partial charge in [0, 0.05) is 43.8 Å². The summed E-state index contributed by atoms with van der Waals surface area (Å²) in [6, 6.07) is -0.956. The van der Waals surface area contributed by atoms with Gasteiger partial charge in [-0.2, -0.15) is 12.6 Å². The molecule has 238 valence electrons. The second-order valence-corrected chi connectivity index (χ2v) is 13.1. The van der Waals surface area contributed by atoms with E-state index in [1.165, 1.54) is 42.6 Å². The number of allylic oxidation sites excluding steroid dienone is 1. The number of epoxide rings is 1. The molecule has 0 aromatic rings. The van der Waals surface area contributed by atoms with Crippen molar-refractivity contribution in [1.82, 2.24) is 15.1 Å². The lowest BCUT2D eigenvalue weighted by Crippen LogP contribution is -2.59. The van der Waals surface area contributed by atoms with Crippen LogP contribution in [0.1, 0.15) is 60.3 Å². The van der Waals surface area contributed by atoms with Crippen LogP contribution < -0.4 is 5.32 Å². The molecule has 2 saturated heterocycles. The quantitative estimate of drug-likeness (QED) is 0.0863. The zero-order valence-electron chi connectivity index (χ0n) is 25.5. The molecule has 42 heavy (non-hydrogen) atoms. The highest BCUT2D eigenvalue weighted by Gasteiger charge is 2.64. The molecule has 3 amide bonds. The first-order valence-corrected chi connectivity index (χ1v) is 14.5. The summed E-state index contributed by atoms with van der Waals surface area (Å²) in [5.41, 5.74) is 0.374. The molecule has 2 aliphatic rings. The van der Waals surface area contributed by atoms with Crippen LogP contribution in [0.2, 0.25) is 0 Å². The number of cyclic esters (lactones) is 1. The van der Waals surface area contributed by atoms with Gasteiger partial charge < -0.3 is 33.9 Å². The molecule has 0 aliphatic carbocycles. The number of carbonyl (C=O) groups is 4. The van der Waals surface area contributed by atoms with Crippen molar-refractivity contribution in [2.24, 2.45) is 5.92 Å². The lowest BCUT2D eigenvalue weighted by molar-refractivity contribution is -0.237. The summed E-state index contributed by atoms with van der Waals surface area (Å²) in [5.74, 6) is -3.82. The third kappa shape index (κ3) is 8.85. The van der Waals surface area contributed by atoms with Crippen LogP contribution in [0.3, 0.4) is 0 Å². The largest absolute Gasteiger partial charge is 0.457 e. The first-order valence-electron chi connectivity index (χ1n) is 13.6. The predicted molar refractivity (Wildman–Crippen MR) is 158 cm³/mol. The van der Waals surface area contributed by atoms with E-state index in [1.807, 2.05) is 13.8 Å². The molecule has 2 heterocycles. The number of thiol groups is 1. The van der Waals surface area contributed by atoms with Gasteiger partial charge in [0.05, 0.1) is 24.6 Å². The standard InChI is InChI=1S/C28H44ClN3O9S/c1-10-18(15-29)32(8)22(34)13-20(40-24(35)17(3)31(7)21(33)11-12-26(4,5)42)27(6)23(41-27)16(2)19-14-28(37,38-9)30-25(36)39-19/h10,15-17,19-20,23,37,42H,1,11-14H2,2-9H3,(H,30,36)/b18-15-/t16-,17+,19+,20+,23+,27+,28?/m1/s1. The minimum atomic E-state index is -1.92. The number of esters is 1. The van der Waals surface area contributed by atoms with Gasteiger partial charge in [-0.05, 0) is 26.3 Å². The number of rotatable bonds is 14. The van der Waals surface area contributed by atoms with Crippen molar-refractivity contribution < 1.29 is 43.2 Å². The highest BCUT2D eigenvalue weighted by Crippen LogP contribution is 2.48. The molecule has 2 rings (SSSR count). The topological polar surface area (TPSA) is 147 Å². The Morgan fingerprint density at radius 3 is 2.45 bits per heavy atom.